The van der Waals surface area contributed by atoms with Crippen LogP contribution >= 0.6 is 0 Å². The molecule has 4 fully saturated rings. The Morgan fingerprint density at radius 1 is 1.13 bits per heavy atom. The lowest BCUT2D eigenvalue weighted by molar-refractivity contribution is -0.168. The van der Waals surface area contributed by atoms with Gasteiger partial charge in [0.05, 0.1) is 18.9 Å². The van der Waals surface area contributed by atoms with E-state index < -0.39 is 21.9 Å². The fourth-order valence-electron chi connectivity index (χ4n) is 5.77. The molecule has 2 aliphatic carbocycles. The van der Waals surface area contributed by atoms with Crippen LogP contribution in [0.5, 0.6) is 0 Å². The summed E-state index contributed by atoms with van der Waals surface area (Å²) in [6.07, 6.45) is -0.369. The summed E-state index contributed by atoms with van der Waals surface area (Å²) in [6.45, 7) is 3.93. The standard InChI is InChI=1S/C20H26F3N3O3S/c1-12-17(2-3-18(24-12)20(21,22)23)30(27,28)26-8-13-4-15(5-14(13)9-26)25-16-6-19(7-16)10-29-11-19/h2-3,13-16,25H,4-11H2,1H3. The fraction of sp³-hybridized carbons (Fsp3) is 0.750. The summed E-state index contributed by atoms with van der Waals surface area (Å²) in [5.41, 5.74) is -0.761. The number of hydrogen-bond donors (Lipinski definition) is 1. The summed E-state index contributed by atoms with van der Waals surface area (Å²) < 4.78 is 71.4. The molecule has 0 radical (unpaired) electrons. The summed E-state index contributed by atoms with van der Waals surface area (Å²) in [4.78, 5) is 3.36. The van der Waals surface area contributed by atoms with Gasteiger partial charge in [-0.2, -0.15) is 17.5 Å². The number of nitrogens with one attached hydrogen (secondary N) is 1. The zero-order valence-electron chi connectivity index (χ0n) is 16.8. The minimum Gasteiger partial charge on any atom is -0.380 e. The van der Waals surface area contributed by atoms with E-state index in [0.717, 1.165) is 38.2 Å². The molecule has 2 atom stereocenters. The molecule has 2 unspecified atom stereocenters. The maximum atomic E-state index is 13.1. The molecule has 1 spiro atoms. The first-order valence-corrected chi connectivity index (χ1v) is 11.9. The lowest BCUT2D eigenvalue weighted by atomic mass is 9.64. The highest BCUT2D eigenvalue weighted by Crippen LogP contribution is 2.48. The number of pyridine rings is 1. The molecule has 2 saturated carbocycles. The number of nitrogens with zero attached hydrogens (tertiary/aromatic N) is 2. The lowest BCUT2D eigenvalue weighted by Gasteiger charge is -2.54. The third kappa shape index (κ3) is 3.45. The first-order valence-electron chi connectivity index (χ1n) is 10.4. The van der Waals surface area contributed by atoms with Crippen molar-refractivity contribution >= 4 is 10.0 Å². The largest absolute Gasteiger partial charge is 0.433 e. The average Bonchev–Trinajstić information content (AvgIpc) is 3.13. The second-order valence-electron chi connectivity index (χ2n) is 9.55. The Morgan fingerprint density at radius 2 is 1.77 bits per heavy atom. The molecule has 2 saturated heterocycles. The second kappa shape index (κ2) is 6.88. The van der Waals surface area contributed by atoms with Crippen LogP contribution in [0.15, 0.2) is 17.0 Å². The Labute approximate surface area is 174 Å². The third-order valence-electron chi connectivity index (χ3n) is 7.31. The molecule has 10 heteroatoms. The van der Waals surface area contributed by atoms with Crippen molar-refractivity contribution in [1.29, 1.82) is 0 Å². The van der Waals surface area contributed by atoms with E-state index in [2.05, 4.69) is 10.3 Å². The van der Waals surface area contributed by atoms with Crippen molar-refractivity contribution in [3.8, 4) is 0 Å². The number of aryl methyl sites for hydroxylation is 1. The van der Waals surface area contributed by atoms with Crippen molar-refractivity contribution in [3.05, 3.63) is 23.5 Å². The van der Waals surface area contributed by atoms with Crippen molar-refractivity contribution in [3.63, 3.8) is 0 Å². The lowest BCUT2D eigenvalue weighted by Crippen LogP contribution is -2.60. The van der Waals surface area contributed by atoms with Gasteiger partial charge in [-0.3, -0.25) is 0 Å². The van der Waals surface area contributed by atoms with Gasteiger partial charge in [0.25, 0.3) is 0 Å². The molecular weight excluding hydrogens is 419 g/mol. The van der Waals surface area contributed by atoms with Crippen LogP contribution in [0.3, 0.4) is 0 Å². The van der Waals surface area contributed by atoms with Crippen LogP contribution in [-0.2, 0) is 20.9 Å². The SMILES string of the molecule is Cc1nc(C(F)(F)F)ccc1S(=O)(=O)N1CC2CC(NC3CC4(COC4)C3)CC2C1. The van der Waals surface area contributed by atoms with Crippen LogP contribution in [-0.4, -0.2) is 56.1 Å². The molecule has 0 aromatic carbocycles. The Morgan fingerprint density at radius 3 is 2.27 bits per heavy atom. The zero-order valence-corrected chi connectivity index (χ0v) is 17.6. The van der Waals surface area contributed by atoms with Crippen LogP contribution in [0.25, 0.3) is 0 Å². The Balaban J connectivity index is 1.20. The van der Waals surface area contributed by atoms with Gasteiger partial charge in [-0.25, -0.2) is 13.4 Å². The fourth-order valence-corrected chi connectivity index (χ4v) is 7.48. The predicted molar refractivity (Wildman–Crippen MR) is 102 cm³/mol. The summed E-state index contributed by atoms with van der Waals surface area (Å²) in [7, 11) is -3.85. The average molecular weight is 446 g/mol. The van der Waals surface area contributed by atoms with Gasteiger partial charge in [0.2, 0.25) is 10.0 Å². The molecule has 1 aromatic heterocycles. The van der Waals surface area contributed by atoms with Gasteiger partial charge in [0.1, 0.15) is 10.6 Å². The molecule has 0 amide bonds. The number of ether oxygens (including phenoxy) is 1. The van der Waals surface area contributed by atoms with Crippen LogP contribution in [0.4, 0.5) is 13.2 Å². The molecule has 166 valence electrons. The predicted octanol–water partition coefficient (Wildman–Crippen LogP) is 2.58. The van der Waals surface area contributed by atoms with E-state index in [0.29, 0.717) is 42.4 Å². The molecule has 4 aliphatic rings. The Kier molecular flexibility index (Phi) is 4.74. The molecule has 30 heavy (non-hydrogen) atoms. The third-order valence-corrected chi connectivity index (χ3v) is 9.28. The van der Waals surface area contributed by atoms with Crippen LogP contribution < -0.4 is 5.32 Å². The van der Waals surface area contributed by atoms with E-state index in [1.165, 1.54) is 24.1 Å². The van der Waals surface area contributed by atoms with Crippen molar-refractivity contribution in [2.45, 2.75) is 55.8 Å². The summed E-state index contributed by atoms with van der Waals surface area (Å²) in [5, 5.41) is 3.74. The molecule has 1 aromatic rings. The summed E-state index contributed by atoms with van der Waals surface area (Å²) in [6, 6.07) is 2.74. The number of aromatic nitrogens is 1. The van der Waals surface area contributed by atoms with E-state index in [-0.39, 0.29) is 10.6 Å². The maximum Gasteiger partial charge on any atom is 0.433 e. The number of sulfonamides is 1. The van der Waals surface area contributed by atoms with Gasteiger partial charge in [-0.05, 0) is 56.6 Å². The quantitative estimate of drug-likeness (QED) is 0.772. The van der Waals surface area contributed by atoms with Gasteiger partial charge >= 0.3 is 6.18 Å². The molecule has 5 rings (SSSR count). The molecule has 6 nitrogen and oxygen atoms in total. The van der Waals surface area contributed by atoms with E-state index in [1.807, 2.05) is 0 Å². The van der Waals surface area contributed by atoms with Gasteiger partial charge < -0.3 is 10.1 Å². The van der Waals surface area contributed by atoms with Crippen molar-refractivity contribution < 1.29 is 26.3 Å². The number of fused-ring (bicyclic) bond motifs is 1. The number of hydrogen-bond acceptors (Lipinski definition) is 5. The van der Waals surface area contributed by atoms with Crippen LogP contribution in [0.1, 0.15) is 37.1 Å². The number of rotatable bonds is 4. The van der Waals surface area contributed by atoms with Gasteiger partial charge in [-0.1, -0.05) is 0 Å². The highest BCUT2D eigenvalue weighted by Gasteiger charge is 2.51. The zero-order chi connectivity index (χ0) is 21.3. The maximum absolute atomic E-state index is 13.1. The highest BCUT2D eigenvalue weighted by molar-refractivity contribution is 7.89. The van der Waals surface area contributed by atoms with Crippen molar-refractivity contribution in [1.82, 2.24) is 14.6 Å². The van der Waals surface area contributed by atoms with E-state index >= 15 is 0 Å². The van der Waals surface area contributed by atoms with Gasteiger partial charge in [0.15, 0.2) is 0 Å². The summed E-state index contributed by atoms with van der Waals surface area (Å²) >= 11 is 0. The number of halogens is 3. The van der Waals surface area contributed by atoms with E-state index in [1.54, 1.807) is 0 Å². The minimum absolute atomic E-state index is 0.111. The molecule has 0 bridgehead atoms. The Hall–Kier alpha value is -1.23. The minimum atomic E-state index is -4.59. The molecule has 2 aliphatic heterocycles. The monoisotopic (exact) mass is 445 g/mol. The normalized spacial score (nSPS) is 31.5. The van der Waals surface area contributed by atoms with Crippen LogP contribution in [0.2, 0.25) is 0 Å². The summed E-state index contributed by atoms with van der Waals surface area (Å²) in [5.74, 6) is 0.585. The first-order chi connectivity index (χ1) is 14.1. The van der Waals surface area contributed by atoms with Gasteiger partial charge in [0, 0.05) is 30.6 Å². The van der Waals surface area contributed by atoms with Crippen molar-refractivity contribution in [2.75, 3.05) is 26.3 Å². The molecule has 1 N–H and O–H groups in total. The highest BCUT2D eigenvalue weighted by atomic mass is 32.2. The van der Waals surface area contributed by atoms with Crippen LogP contribution in [0, 0.1) is 24.2 Å². The first kappa shape index (κ1) is 20.7. The second-order valence-corrected chi connectivity index (χ2v) is 11.5. The van der Waals surface area contributed by atoms with E-state index in [4.69, 9.17) is 4.74 Å². The topological polar surface area (TPSA) is 71.5 Å². The van der Waals surface area contributed by atoms with Crippen molar-refractivity contribution in [2.24, 2.45) is 17.3 Å². The number of alkyl halides is 3. The molecule has 3 heterocycles. The Bertz CT molecular complexity index is 926. The van der Waals surface area contributed by atoms with Gasteiger partial charge in [-0.15, -0.1) is 0 Å². The smallest absolute Gasteiger partial charge is 0.380 e. The molecular formula is C20H26F3N3O3S. The van der Waals surface area contributed by atoms with E-state index in [9.17, 15) is 21.6 Å².